The van der Waals surface area contributed by atoms with Gasteiger partial charge >= 0.3 is 0 Å². The number of pyridine rings is 1. The lowest BCUT2D eigenvalue weighted by Crippen LogP contribution is -2.32. The summed E-state index contributed by atoms with van der Waals surface area (Å²) < 4.78 is 37.0. The Balaban J connectivity index is 2.76. The van der Waals surface area contributed by atoms with Gasteiger partial charge in [-0.25, -0.2) is 18.1 Å². The number of hydrogen-bond acceptors (Lipinski definition) is 4. The van der Waals surface area contributed by atoms with Crippen LogP contribution in [0.3, 0.4) is 0 Å². The zero-order valence-electron chi connectivity index (χ0n) is 9.38. The van der Waals surface area contributed by atoms with Gasteiger partial charge in [-0.2, -0.15) is 0 Å². The van der Waals surface area contributed by atoms with E-state index in [0.29, 0.717) is 0 Å². The molecule has 0 saturated carbocycles. The van der Waals surface area contributed by atoms with Crippen molar-refractivity contribution in [1.29, 1.82) is 0 Å². The quantitative estimate of drug-likeness (QED) is 0.815. The zero-order chi connectivity index (χ0) is 13.1. The summed E-state index contributed by atoms with van der Waals surface area (Å²) in [6.45, 7) is 1.83. The van der Waals surface area contributed by atoms with Gasteiger partial charge in [0.25, 0.3) is 0 Å². The summed E-state index contributed by atoms with van der Waals surface area (Å²) >= 11 is 5.56. The predicted octanol–water partition coefficient (Wildman–Crippen LogP) is 0.780. The maximum absolute atomic E-state index is 11.8. The molecule has 1 heterocycles. The molecule has 96 valence electrons. The molecule has 0 aliphatic heterocycles. The number of nitrogens with zero attached hydrogens (tertiary/aromatic N) is 1. The molecule has 0 amide bonds. The maximum Gasteiger partial charge on any atom is 0.242 e. The van der Waals surface area contributed by atoms with E-state index in [-0.39, 0.29) is 21.8 Å². The van der Waals surface area contributed by atoms with E-state index in [1.807, 2.05) is 0 Å². The van der Waals surface area contributed by atoms with Gasteiger partial charge in [0.05, 0.1) is 0 Å². The third-order valence-electron chi connectivity index (χ3n) is 2.14. The fourth-order valence-corrected chi connectivity index (χ4v) is 2.56. The number of rotatable bonds is 5. The van der Waals surface area contributed by atoms with Crippen LogP contribution in [0.4, 0.5) is 0 Å². The topological polar surface area (TPSA) is 76.1 Å². The Bertz CT molecular complexity index is 501. The fourth-order valence-electron chi connectivity index (χ4n) is 0.949. The van der Waals surface area contributed by atoms with Crippen molar-refractivity contribution in [2.45, 2.75) is 17.1 Å². The maximum atomic E-state index is 11.8. The van der Waals surface area contributed by atoms with Crippen LogP contribution in [0.2, 0.25) is 5.15 Å². The highest BCUT2D eigenvalue weighted by molar-refractivity contribution is 7.89. The smallest absolute Gasteiger partial charge is 0.242 e. The number of hydrogen-bond donors (Lipinski definition) is 1. The SMILES string of the molecule is CC(CNS(=O)(=O)c1ccc(Cl)nc1)S(C)=O. The molecule has 5 nitrogen and oxygen atoms in total. The molecule has 0 spiro atoms. The molecule has 2 atom stereocenters. The number of halogens is 1. The molecule has 8 heteroatoms. The van der Waals surface area contributed by atoms with Crippen LogP contribution in [0, 0.1) is 0 Å². The zero-order valence-corrected chi connectivity index (χ0v) is 11.8. The van der Waals surface area contributed by atoms with Crippen molar-refractivity contribution in [3.05, 3.63) is 23.5 Å². The lowest BCUT2D eigenvalue weighted by atomic mass is 10.5. The molecule has 1 N–H and O–H groups in total. The molecule has 0 saturated heterocycles. The Morgan fingerprint density at radius 3 is 2.65 bits per heavy atom. The Morgan fingerprint density at radius 1 is 1.53 bits per heavy atom. The van der Waals surface area contributed by atoms with Crippen LogP contribution in [0.25, 0.3) is 0 Å². The van der Waals surface area contributed by atoms with Gasteiger partial charge in [-0.15, -0.1) is 0 Å². The molecule has 0 radical (unpaired) electrons. The van der Waals surface area contributed by atoms with E-state index in [2.05, 4.69) is 9.71 Å². The molecule has 0 aromatic carbocycles. The van der Waals surface area contributed by atoms with Gasteiger partial charge in [0.15, 0.2) is 0 Å². The molecular formula is C9H13ClN2O3S2. The van der Waals surface area contributed by atoms with Gasteiger partial charge in [-0.3, -0.25) is 4.21 Å². The van der Waals surface area contributed by atoms with Gasteiger partial charge in [-0.05, 0) is 19.1 Å². The van der Waals surface area contributed by atoms with E-state index in [9.17, 15) is 12.6 Å². The molecule has 0 aliphatic rings. The first kappa shape index (κ1) is 14.6. The summed E-state index contributed by atoms with van der Waals surface area (Å²) in [6, 6.07) is 2.77. The van der Waals surface area contributed by atoms with Crippen molar-refractivity contribution in [2.24, 2.45) is 0 Å². The van der Waals surface area contributed by atoms with Crippen molar-refractivity contribution in [3.8, 4) is 0 Å². The normalized spacial score (nSPS) is 15.5. The molecule has 2 unspecified atom stereocenters. The minimum atomic E-state index is -3.61. The number of aromatic nitrogens is 1. The minimum absolute atomic E-state index is 0.0379. The van der Waals surface area contributed by atoms with E-state index >= 15 is 0 Å². The third-order valence-corrected chi connectivity index (χ3v) is 5.07. The Kier molecular flexibility index (Phi) is 5.05. The van der Waals surface area contributed by atoms with Crippen LogP contribution < -0.4 is 4.72 Å². The van der Waals surface area contributed by atoms with Crippen molar-refractivity contribution in [2.75, 3.05) is 12.8 Å². The van der Waals surface area contributed by atoms with Gasteiger partial charge in [0, 0.05) is 35.0 Å². The van der Waals surface area contributed by atoms with Crippen molar-refractivity contribution < 1.29 is 12.6 Å². The standard InChI is InChI=1S/C9H13ClN2O3S2/c1-7(16(2)13)5-12-17(14,15)8-3-4-9(10)11-6-8/h3-4,6-7,12H,5H2,1-2H3. The molecule has 1 aromatic heterocycles. The van der Waals surface area contributed by atoms with E-state index in [4.69, 9.17) is 11.6 Å². The molecule has 1 aromatic rings. The van der Waals surface area contributed by atoms with Crippen LogP contribution in [-0.4, -0.2) is 35.7 Å². The first-order valence-electron chi connectivity index (χ1n) is 4.76. The fraction of sp³-hybridized carbons (Fsp3) is 0.444. The van der Waals surface area contributed by atoms with E-state index in [1.165, 1.54) is 24.6 Å². The first-order chi connectivity index (χ1) is 7.83. The predicted molar refractivity (Wildman–Crippen MR) is 68.0 cm³/mol. The largest absolute Gasteiger partial charge is 0.260 e. The van der Waals surface area contributed by atoms with Crippen molar-refractivity contribution in [1.82, 2.24) is 9.71 Å². The highest BCUT2D eigenvalue weighted by Gasteiger charge is 2.16. The Labute approximate surface area is 108 Å². The van der Waals surface area contributed by atoms with Crippen LogP contribution in [0.15, 0.2) is 23.2 Å². The lowest BCUT2D eigenvalue weighted by molar-refractivity contribution is 0.580. The first-order valence-corrected chi connectivity index (χ1v) is 8.24. The van der Waals surface area contributed by atoms with Crippen LogP contribution in [-0.2, 0) is 20.8 Å². The van der Waals surface area contributed by atoms with E-state index < -0.39 is 20.8 Å². The monoisotopic (exact) mass is 296 g/mol. The Morgan fingerprint density at radius 2 is 2.18 bits per heavy atom. The molecule has 0 aliphatic carbocycles. The highest BCUT2D eigenvalue weighted by Crippen LogP contribution is 2.10. The molecule has 0 bridgehead atoms. The van der Waals surface area contributed by atoms with Crippen molar-refractivity contribution >= 4 is 32.4 Å². The lowest BCUT2D eigenvalue weighted by Gasteiger charge is -2.10. The van der Waals surface area contributed by atoms with Crippen LogP contribution in [0.1, 0.15) is 6.92 Å². The molecular weight excluding hydrogens is 284 g/mol. The van der Waals surface area contributed by atoms with Gasteiger partial charge in [0.2, 0.25) is 10.0 Å². The number of nitrogens with one attached hydrogen (secondary N) is 1. The second-order valence-corrected chi connectivity index (χ2v) is 7.43. The second-order valence-electron chi connectivity index (χ2n) is 3.48. The average Bonchev–Trinajstić information content (AvgIpc) is 2.26. The summed E-state index contributed by atoms with van der Waals surface area (Å²) in [5.41, 5.74) is 0. The van der Waals surface area contributed by atoms with Crippen LogP contribution >= 0.6 is 11.6 Å². The number of sulfonamides is 1. The second kappa shape index (κ2) is 5.90. The summed E-state index contributed by atoms with van der Waals surface area (Å²) in [4.78, 5) is 3.73. The highest BCUT2D eigenvalue weighted by atomic mass is 35.5. The minimum Gasteiger partial charge on any atom is -0.260 e. The van der Waals surface area contributed by atoms with Crippen molar-refractivity contribution in [3.63, 3.8) is 0 Å². The van der Waals surface area contributed by atoms with Gasteiger partial charge in [-0.1, -0.05) is 11.6 Å². The molecule has 0 fully saturated rings. The third kappa shape index (κ3) is 4.34. The summed E-state index contributed by atoms with van der Waals surface area (Å²) in [6.07, 6.45) is 2.71. The summed E-state index contributed by atoms with van der Waals surface area (Å²) in [5, 5.41) is -0.0167. The average molecular weight is 297 g/mol. The molecule has 1 rings (SSSR count). The van der Waals surface area contributed by atoms with Crippen LogP contribution in [0.5, 0.6) is 0 Å². The molecule has 17 heavy (non-hydrogen) atoms. The summed E-state index contributed by atoms with van der Waals surface area (Å²) in [5.74, 6) is 0. The summed E-state index contributed by atoms with van der Waals surface area (Å²) in [7, 11) is -4.68. The Hall–Kier alpha value is -0.500. The van der Waals surface area contributed by atoms with E-state index in [0.717, 1.165) is 0 Å². The van der Waals surface area contributed by atoms with E-state index in [1.54, 1.807) is 6.92 Å². The van der Waals surface area contributed by atoms with Gasteiger partial charge in [0.1, 0.15) is 10.0 Å². The van der Waals surface area contributed by atoms with Gasteiger partial charge < -0.3 is 0 Å².